The predicted molar refractivity (Wildman–Crippen MR) is 103 cm³/mol. The molecule has 0 spiro atoms. The summed E-state index contributed by atoms with van der Waals surface area (Å²) in [5, 5.41) is 17.6. The van der Waals surface area contributed by atoms with E-state index in [1.807, 2.05) is 6.20 Å². The number of aromatic amines is 1. The van der Waals surface area contributed by atoms with E-state index in [9.17, 15) is 0 Å². The first-order chi connectivity index (χ1) is 12.6. The molecule has 1 atom stereocenters. The summed E-state index contributed by atoms with van der Waals surface area (Å²) in [4.78, 5) is 5.12. The van der Waals surface area contributed by atoms with Crippen molar-refractivity contribution in [2.75, 3.05) is 0 Å². The van der Waals surface area contributed by atoms with E-state index in [2.05, 4.69) is 53.3 Å². The van der Waals surface area contributed by atoms with E-state index in [0.29, 0.717) is 5.92 Å². The van der Waals surface area contributed by atoms with Crippen LogP contribution in [0.15, 0.2) is 28.6 Å². The number of fused-ring (bicyclic) bond motifs is 5. The number of rotatable bonds is 2. The molecule has 5 rings (SSSR count). The van der Waals surface area contributed by atoms with Gasteiger partial charge < -0.3 is 0 Å². The number of azo groups is 1. The summed E-state index contributed by atoms with van der Waals surface area (Å²) < 4.78 is 0. The Kier molecular flexibility index (Phi) is 3.45. The molecule has 3 aromatic rings. The van der Waals surface area contributed by atoms with Crippen LogP contribution in [0, 0.1) is 12.8 Å². The molecule has 0 radical (unpaired) electrons. The summed E-state index contributed by atoms with van der Waals surface area (Å²) in [5.41, 5.74) is 9.56. The van der Waals surface area contributed by atoms with Gasteiger partial charge in [-0.3, -0.25) is 5.10 Å². The van der Waals surface area contributed by atoms with Crippen molar-refractivity contribution in [3.05, 3.63) is 40.7 Å². The van der Waals surface area contributed by atoms with Crippen LogP contribution in [0.1, 0.15) is 55.1 Å². The quantitative estimate of drug-likeness (QED) is 0.656. The highest BCUT2D eigenvalue weighted by Gasteiger charge is 2.30. The number of pyridine rings is 1. The molecular formula is C21H23N5. The summed E-state index contributed by atoms with van der Waals surface area (Å²) in [6, 6.07) is 4.34. The second kappa shape index (κ2) is 5.73. The minimum absolute atomic E-state index is 0.142. The van der Waals surface area contributed by atoms with Gasteiger partial charge in [-0.05, 0) is 61.8 Å². The molecule has 1 aromatic carbocycles. The maximum atomic E-state index is 5.12. The fourth-order valence-electron chi connectivity index (χ4n) is 4.49. The zero-order valence-electron chi connectivity index (χ0n) is 15.5. The van der Waals surface area contributed by atoms with Crippen molar-refractivity contribution in [1.29, 1.82) is 0 Å². The lowest BCUT2D eigenvalue weighted by molar-refractivity contribution is 0.517. The number of hydrogen-bond donors (Lipinski definition) is 1. The Morgan fingerprint density at radius 3 is 2.65 bits per heavy atom. The minimum atomic E-state index is 0.142. The largest absolute Gasteiger partial charge is 0.282 e. The summed E-state index contributed by atoms with van der Waals surface area (Å²) in [6.45, 7) is 6.51. The predicted octanol–water partition coefficient (Wildman–Crippen LogP) is 5.61. The van der Waals surface area contributed by atoms with Gasteiger partial charge in [-0.2, -0.15) is 15.3 Å². The number of nitrogens with zero attached hydrogens (tertiary/aromatic N) is 4. The van der Waals surface area contributed by atoms with Crippen molar-refractivity contribution in [3.8, 4) is 11.3 Å². The second-order valence-electron chi connectivity index (χ2n) is 7.83. The molecule has 132 valence electrons. The highest BCUT2D eigenvalue weighted by Crippen LogP contribution is 2.47. The van der Waals surface area contributed by atoms with Crippen molar-refractivity contribution in [2.24, 2.45) is 16.1 Å². The lowest BCUT2D eigenvalue weighted by Gasteiger charge is -2.24. The lowest BCUT2D eigenvalue weighted by atomic mass is 9.82. The van der Waals surface area contributed by atoms with Gasteiger partial charge in [-0.1, -0.05) is 13.8 Å². The average molecular weight is 345 g/mol. The molecule has 0 bridgehead atoms. The van der Waals surface area contributed by atoms with Crippen LogP contribution in [0.5, 0.6) is 0 Å². The summed E-state index contributed by atoms with van der Waals surface area (Å²) in [6.07, 6.45) is 6.57. The third kappa shape index (κ3) is 2.16. The van der Waals surface area contributed by atoms with Crippen molar-refractivity contribution >= 4 is 16.6 Å². The van der Waals surface area contributed by atoms with Crippen molar-refractivity contribution in [1.82, 2.24) is 15.2 Å². The van der Waals surface area contributed by atoms with Gasteiger partial charge in [0.05, 0.1) is 23.1 Å². The monoisotopic (exact) mass is 345 g/mol. The number of hydrogen-bond acceptors (Lipinski definition) is 4. The van der Waals surface area contributed by atoms with E-state index in [-0.39, 0.29) is 6.04 Å². The third-order valence-electron chi connectivity index (χ3n) is 5.79. The van der Waals surface area contributed by atoms with Crippen LogP contribution in [0.2, 0.25) is 0 Å². The average Bonchev–Trinajstić information content (AvgIpc) is 3.26. The molecule has 2 aliphatic rings. The Labute approximate surface area is 153 Å². The highest BCUT2D eigenvalue weighted by molar-refractivity contribution is 5.94. The normalized spacial score (nSPS) is 18.5. The molecule has 0 saturated heterocycles. The van der Waals surface area contributed by atoms with Crippen LogP contribution in [0.4, 0.5) is 5.69 Å². The molecule has 3 heterocycles. The number of aromatic nitrogens is 3. The van der Waals surface area contributed by atoms with Crippen LogP contribution in [-0.4, -0.2) is 15.2 Å². The molecule has 1 aliphatic carbocycles. The molecule has 5 nitrogen and oxygen atoms in total. The van der Waals surface area contributed by atoms with Crippen LogP contribution in [0.25, 0.3) is 22.2 Å². The molecule has 0 fully saturated rings. The van der Waals surface area contributed by atoms with E-state index in [1.165, 1.54) is 34.9 Å². The summed E-state index contributed by atoms with van der Waals surface area (Å²) in [5.74, 6) is 0.431. The number of nitrogens with one attached hydrogen (secondary N) is 1. The van der Waals surface area contributed by atoms with E-state index < -0.39 is 0 Å². The molecule has 1 aliphatic heterocycles. The van der Waals surface area contributed by atoms with Gasteiger partial charge in [0.1, 0.15) is 6.04 Å². The van der Waals surface area contributed by atoms with Gasteiger partial charge in [-0.25, -0.2) is 4.98 Å². The first kappa shape index (κ1) is 15.7. The van der Waals surface area contributed by atoms with Gasteiger partial charge in [0.2, 0.25) is 0 Å². The zero-order valence-corrected chi connectivity index (χ0v) is 15.5. The van der Waals surface area contributed by atoms with Gasteiger partial charge in [0, 0.05) is 22.2 Å². The van der Waals surface area contributed by atoms with E-state index >= 15 is 0 Å². The van der Waals surface area contributed by atoms with Gasteiger partial charge in [0.25, 0.3) is 0 Å². The molecule has 0 amide bonds. The number of aryl methyl sites for hydroxylation is 2. The smallest absolute Gasteiger partial charge is 0.101 e. The van der Waals surface area contributed by atoms with Crippen molar-refractivity contribution in [2.45, 2.75) is 52.5 Å². The third-order valence-corrected chi connectivity index (χ3v) is 5.79. The molecule has 1 N–H and O–H groups in total. The molecule has 1 unspecified atom stereocenters. The SMILES string of the molecule is Cc1[nH]ncc1-c1nc2ccc3c(c2c2c1CCCC2)C(C(C)C)N=N3. The molecule has 2 aromatic heterocycles. The van der Waals surface area contributed by atoms with Gasteiger partial charge in [-0.15, -0.1) is 0 Å². The number of H-pyrrole nitrogens is 1. The van der Waals surface area contributed by atoms with Gasteiger partial charge >= 0.3 is 0 Å². The van der Waals surface area contributed by atoms with E-state index in [4.69, 9.17) is 4.98 Å². The lowest BCUT2D eigenvalue weighted by Crippen LogP contribution is -2.10. The van der Waals surface area contributed by atoms with Gasteiger partial charge in [0.15, 0.2) is 0 Å². The first-order valence-electron chi connectivity index (χ1n) is 9.54. The maximum Gasteiger partial charge on any atom is 0.101 e. The zero-order chi connectivity index (χ0) is 17.8. The Balaban J connectivity index is 1.86. The molecular weight excluding hydrogens is 322 g/mol. The van der Waals surface area contributed by atoms with Crippen molar-refractivity contribution in [3.63, 3.8) is 0 Å². The second-order valence-corrected chi connectivity index (χ2v) is 7.83. The minimum Gasteiger partial charge on any atom is -0.282 e. The number of benzene rings is 1. The Hall–Kier alpha value is -2.56. The molecule has 5 heteroatoms. The Morgan fingerprint density at radius 2 is 1.92 bits per heavy atom. The topological polar surface area (TPSA) is 66.3 Å². The van der Waals surface area contributed by atoms with E-state index in [0.717, 1.165) is 41.0 Å². The van der Waals surface area contributed by atoms with Crippen LogP contribution < -0.4 is 0 Å². The summed E-state index contributed by atoms with van der Waals surface area (Å²) >= 11 is 0. The van der Waals surface area contributed by atoms with Crippen LogP contribution in [0.3, 0.4) is 0 Å². The Morgan fingerprint density at radius 1 is 1.12 bits per heavy atom. The highest BCUT2D eigenvalue weighted by atomic mass is 15.2. The summed E-state index contributed by atoms with van der Waals surface area (Å²) in [7, 11) is 0. The molecule has 26 heavy (non-hydrogen) atoms. The maximum absolute atomic E-state index is 5.12. The van der Waals surface area contributed by atoms with E-state index in [1.54, 1.807) is 0 Å². The first-order valence-corrected chi connectivity index (χ1v) is 9.54. The van der Waals surface area contributed by atoms with Crippen LogP contribution in [-0.2, 0) is 12.8 Å². The fourth-order valence-corrected chi connectivity index (χ4v) is 4.49. The Bertz CT molecular complexity index is 1040. The standard InChI is InChI=1S/C21H23N5/c1-11(2)20-19-17(25-26-20)9-8-16-18(19)13-6-4-5-7-14(13)21(23-16)15-10-22-24-12(15)3/h8-11,20H,4-7H2,1-3H3,(H,22,24). The van der Waals surface area contributed by atoms with Crippen molar-refractivity contribution < 1.29 is 0 Å². The van der Waals surface area contributed by atoms with Crippen LogP contribution >= 0.6 is 0 Å². The fraction of sp³-hybridized carbons (Fsp3) is 0.429. The molecule has 0 saturated carbocycles.